The lowest BCUT2D eigenvalue weighted by atomic mass is 9.79. The Morgan fingerprint density at radius 3 is 2.54 bits per heavy atom. The third-order valence-corrected chi connectivity index (χ3v) is 6.94. The zero-order valence-corrected chi connectivity index (χ0v) is 20.8. The number of hydrogen-bond acceptors (Lipinski definition) is 6. The first-order valence-corrected chi connectivity index (χ1v) is 11.9. The number of aryl methyl sites for hydroxylation is 2. The highest BCUT2D eigenvalue weighted by atomic mass is 16.5. The lowest BCUT2D eigenvalue weighted by molar-refractivity contribution is -0.125. The number of ether oxygens (including phenoxy) is 1. The summed E-state index contributed by atoms with van der Waals surface area (Å²) in [6, 6.07) is 8.47. The maximum Gasteiger partial charge on any atom is 0.322 e. The van der Waals surface area contributed by atoms with Crippen LogP contribution in [0.2, 0.25) is 0 Å². The predicted molar refractivity (Wildman–Crippen MR) is 132 cm³/mol. The SMILES string of the molecule is COC[C@@H]1C[C@H](Nc2ncc(C)cc2C)CN1C(=O)c1ccc([C@@]2(C(C)C)NC(=O)NC2=O)cc1. The quantitative estimate of drug-likeness (QED) is 0.527. The summed E-state index contributed by atoms with van der Waals surface area (Å²) in [5.74, 6) is 0.164. The highest BCUT2D eigenvalue weighted by Gasteiger charge is 2.50. The minimum Gasteiger partial charge on any atom is -0.383 e. The van der Waals surface area contributed by atoms with Crippen LogP contribution in [0.15, 0.2) is 36.5 Å². The number of methoxy groups -OCH3 is 1. The number of aromatic nitrogens is 1. The van der Waals surface area contributed by atoms with Crippen LogP contribution in [0.5, 0.6) is 0 Å². The molecule has 3 atom stereocenters. The second-order valence-electron chi connectivity index (χ2n) is 9.77. The molecule has 3 heterocycles. The van der Waals surface area contributed by atoms with Crippen molar-refractivity contribution in [3.05, 3.63) is 58.8 Å². The van der Waals surface area contributed by atoms with E-state index in [0.29, 0.717) is 24.3 Å². The highest BCUT2D eigenvalue weighted by molar-refractivity contribution is 6.07. The zero-order valence-electron chi connectivity index (χ0n) is 20.8. The topological polar surface area (TPSA) is 113 Å². The van der Waals surface area contributed by atoms with Gasteiger partial charge in [0.25, 0.3) is 11.8 Å². The number of nitrogens with one attached hydrogen (secondary N) is 3. The largest absolute Gasteiger partial charge is 0.383 e. The van der Waals surface area contributed by atoms with E-state index in [9.17, 15) is 14.4 Å². The van der Waals surface area contributed by atoms with Crippen LogP contribution < -0.4 is 16.0 Å². The molecule has 2 aliphatic rings. The van der Waals surface area contributed by atoms with Crippen LogP contribution in [0.1, 0.15) is 47.3 Å². The molecule has 0 aliphatic carbocycles. The maximum absolute atomic E-state index is 13.5. The molecule has 186 valence electrons. The number of urea groups is 1. The van der Waals surface area contributed by atoms with Gasteiger partial charge >= 0.3 is 6.03 Å². The Hall–Kier alpha value is -3.46. The normalized spacial score (nSPS) is 24.0. The Morgan fingerprint density at radius 1 is 1.26 bits per heavy atom. The molecule has 3 N–H and O–H groups in total. The van der Waals surface area contributed by atoms with E-state index >= 15 is 0 Å². The highest BCUT2D eigenvalue weighted by Crippen LogP contribution is 2.33. The van der Waals surface area contributed by atoms with Crippen LogP contribution >= 0.6 is 0 Å². The second kappa shape index (κ2) is 9.65. The van der Waals surface area contributed by atoms with Crippen LogP contribution in [0, 0.1) is 19.8 Å². The maximum atomic E-state index is 13.5. The first-order chi connectivity index (χ1) is 16.6. The molecule has 4 amide bonds. The summed E-state index contributed by atoms with van der Waals surface area (Å²) < 4.78 is 5.41. The molecule has 0 bridgehead atoms. The average Bonchev–Trinajstić information content (AvgIpc) is 3.35. The minimum atomic E-state index is -1.15. The van der Waals surface area contributed by atoms with E-state index in [4.69, 9.17) is 4.74 Å². The van der Waals surface area contributed by atoms with Crippen LogP contribution in [0.4, 0.5) is 10.6 Å². The third-order valence-electron chi connectivity index (χ3n) is 6.94. The van der Waals surface area contributed by atoms with E-state index in [-0.39, 0.29) is 29.8 Å². The van der Waals surface area contributed by atoms with Gasteiger partial charge in [0, 0.05) is 31.5 Å². The predicted octanol–water partition coefficient (Wildman–Crippen LogP) is 2.73. The molecule has 1 aromatic carbocycles. The van der Waals surface area contributed by atoms with E-state index < -0.39 is 11.6 Å². The molecule has 0 radical (unpaired) electrons. The molecule has 2 fully saturated rings. The van der Waals surface area contributed by atoms with Crippen molar-refractivity contribution in [2.45, 2.75) is 51.7 Å². The second-order valence-corrected chi connectivity index (χ2v) is 9.77. The molecule has 1 aromatic heterocycles. The Labute approximate surface area is 205 Å². The van der Waals surface area contributed by atoms with Gasteiger partial charge in [-0.25, -0.2) is 9.78 Å². The van der Waals surface area contributed by atoms with Crippen molar-refractivity contribution in [2.75, 3.05) is 25.6 Å². The molecule has 2 aromatic rings. The smallest absolute Gasteiger partial charge is 0.322 e. The fourth-order valence-corrected chi connectivity index (χ4v) is 5.13. The van der Waals surface area contributed by atoms with Crippen molar-refractivity contribution in [2.24, 2.45) is 5.92 Å². The number of likely N-dealkylation sites (tertiary alicyclic amines) is 1. The van der Waals surface area contributed by atoms with Crippen molar-refractivity contribution in [1.29, 1.82) is 0 Å². The number of benzene rings is 1. The molecule has 35 heavy (non-hydrogen) atoms. The number of nitrogens with zero attached hydrogens (tertiary/aromatic N) is 2. The Kier molecular flexibility index (Phi) is 6.80. The summed E-state index contributed by atoms with van der Waals surface area (Å²) in [6.07, 6.45) is 2.58. The molecule has 0 spiro atoms. The van der Waals surface area contributed by atoms with E-state index in [0.717, 1.165) is 23.4 Å². The van der Waals surface area contributed by atoms with Crippen LogP contribution in [0.3, 0.4) is 0 Å². The van der Waals surface area contributed by atoms with E-state index in [1.165, 1.54) is 0 Å². The first kappa shape index (κ1) is 24.7. The van der Waals surface area contributed by atoms with E-state index in [1.807, 2.05) is 38.8 Å². The van der Waals surface area contributed by atoms with Crippen LogP contribution in [-0.2, 0) is 15.1 Å². The fraction of sp³-hybridized carbons (Fsp3) is 0.462. The van der Waals surface area contributed by atoms with E-state index in [2.05, 4.69) is 27.0 Å². The van der Waals surface area contributed by atoms with Gasteiger partial charge in [-0.1, -0.05) is 32.0 Å². The number of carbonyl (C=O) groups excluding carboxylic acids is 3. The summed E-state index contributed by atoms with van der Waals surface area (Å²) in [5, 5.41) is 8.59. The number of imide groups is 1. The standard InChI is InChI=1S/C26H33N5O4/c1-15(2)26(24(33)29-25(34)30-26)19-8-6-18(7-9-19)23(32)31-13-20(11-21(31)14-35-5)28-22-17(4)10-16(3)12-27-22/h6-10,12,15,20-21H,11,13-14H2,1-5H3,(H,27,28)(H2,29,30,33,34)/t20-,21-,26+/m0/s1. The lowest BCUT2D eigenvalue weighted by Crippen LogP contribution is -2.48. The van der Waals surface area contributed by atoms with E-state index in [1.54, 1.807) is 31.4 Å². The van der Waals surface area contributed by atoms with Crippen molar-refractivity contribution < 1.29 is 19.1 Å². The Bertz CT molecular complexity index is 1130. The molecule has 9 nitrogen and oxygen atoms in total. The van der Waals surface area contributed by atoms with Gasteiger partial charge < -0.3 is 20.3 Å². The number of pyridine rings is 1. The molecule has 2 aliphatic heterocycles. The number of anilines is 1. The molecule has 9 heteroatoms. The Balaban J connectivity index is 1.53. The van der Waals surface area contributed by atoms with Gasteiger partial charge in [-0.2, -0.15) is 0 Å². The van der Waals surface area contributed by atoms with Gasteiger partial charge in [-0.3, -0.25) is 14.9 Å². The van der Waals surface area contributed by atoms with Crippen molar-refractivity contribution in [3.63, 3.8) is 0 Å². The van der Waals surface area contributed by atoms with Gasteiger partial charge in [0.15, 0.2) is 0 Å². The number of rotatable bonds is 7. The van der Waals surface area contributed by atoms with Crippen molar-refractivity contribution in [3.8, 4) is 0 Å². The monoisotopic (exact) mass is 479 g/mol. The summed E-state index contributed by atoms with van der Waals surface area (Å²) in [7, 11) is 1.64. The molecular formula is C26H33N5O4. The summed E-state index contributed by atoms with van der Waals surface area (Å²) in [6.45, 7) is 8.74. The van der Waals surface area contributed by atoms with Crippen molar-refractivity contribution in [1.82, 2.24) is 20.5 Å². The molecule has 0 saturated carbocycles. The minimum absolute atomic E-state index is 0.0499. The van der Waals surface area contributed by atoms with Crippen molar-refractivity contribution >= 4 is 23.7 Å². The number of hydrogen-bond donors (Lipinski definition) is 3. The van der Waals surface area contributed by atoms with Gasteiger partial charge in [0.2, 0.25) is 0 Å². The first-order valence-electron chi connectivity index (χ1n) is 11.9. The zero-order chi connectivity index (χ0) is 25.3. The Morgan fingerprint density at radius 2 is 1.97 bits per heavy atom. The number of carbonyl (C=O) groups is 3. The lowest BCUT2D eigenvalue weighted by Gasteiger charge is -2.31. The molecule has 2 saturated heterocycles. The molecule has 4 rings (SSSR count). The van der Waals surface area contributed by atoms with Crippen LogP contribution in [0.25, 0.3) is 0 Å². The number of amides is 4. The van der Waals surface area contributed by atoms with Gasteiger partial charge in [0.05, 0.1) is 12.6 Å². The molecular weight excluding hydrogens is 446 g/mol. The third kappa shape index (κ3) is 4.60. The molecule has 0 unspecified atom stereocenters. The summed E-state index contributed by atoms with van der Waals surface area (Å²) >= 11 is 0. The van der Waals surface area contributed by atoms with Gasteiger partial charge in [-0.05, 0) is 55.0 Å². The van der Waals surface area contributed by atoms with Crippen LogP contribution in [-0.4, -0.2) is 60.1 Å². The summed E-state index contributed by atoms with van der Waals surface area (Å²) in [4.78, 5) is 44.3. The summed E-state index contributed by atoms with van der Waals surface area (Å²) in [5.41, 5.74) is 2.17. The average molecular weight is 480 g/mol. The van der Waals surface area contributed by atoms with Gasteiger partial charge in [-0.15, -0.1) is 0 Å². The fourth-order valence-electron chi connectivity index (χ4n) is 5.13. The van der Waals surface area contributed by atoms with Gasteiger partial charge in [0.1, 0.15) is 11.4 Å².